The Labute approximate surface area is 143 Å². The number of halogens is 2. The molecule has 1 N–H and O–H groups in total. The maximum atomic E-state index is 12.0. The van der Waals surface area contributed by atoms with Gasteiger partial charge in [-0.2, -0.15) is 0 Å². The van der Waals surface area contributed by atoms with Crippen LogP contribution in [0.2, 0.25) is 10.0 Å². The molecule has 118 valence electrons. The molecule has 23 heavy (non-hydrogen) atoms. The maximum absolute atomic E-state index is 12.0. The first-order chi connectivity index (χ1) is 10.9. The summed E-state index contributed by atoms with van der Waals surface area (Å²) in [7, 11) is 0. The smallest absolute Gasteiger partial charge is 0.338 e. The Morgan fingerprint density at radius 1 is 1.13 bits per heavy atom. The number of imidazole rings is 1. The Morgan fingerprint density at radius 2 is 1.91 bits per heavy atom. The number of H-pyrrole nitrogens is 1. The van der Waals surface area contributed by atoms with Crippen LogP contribution in [0.3, 0.4) is 0 Å². The second kappa shape index (κ2) is 6.22. The number of carbonyl (C=O) groups is 1. The molecule has 0 fully saturated rings. The average molecular weight is 349 g/mol. The molecule has 0 unspecified atom stereocenters. The van der Waals surface area contributed by atoms with E-state index in [2.05, 4.69) is 9.97 Å². The van der Waals surface area contributed by atoms with Crippen LogP contribution in [-0.2, 0) is 4.74 Å². The first-order valence-corrected chi connectivity index (χ1v) is 7.86. The summed E-state index contributed by atoms with van der Waals surface area (Å²) in [5, 5.41) is 0.955. The monoisotopic (exact) mass is 348 g/mol. The molecule has 0 atom stereocenters. The van der Waals surface area contributed by atoms with Gasteiger partial charge < -0.3 is 9.72 Å². The molecule has 0 aliphatic carbocycles. The van der Waals surface area contributed by atoms with Crippen molar-refractivity contribution in [1.29, 1.82) is 0 Å². The zero-order valence-corrected chi connectivity index (χ0v) is 14.1. The largest absolute Gasteiger partial charge is 0.459 e. The summed E-state index contributed by atoms with van der Waals surface area (Å²) in [6.07, 6.45) is -0.160. The van der Waals surface area contributed by atoms with Crippen LogP contribution in [0.15, 0.2) is 36.4 Å². The van der Waals surface area contributed by atoms with E-state index in [1.165, 1.54) is 0 Å². The summed E-state index contributed by atoms with van der Waals surface area (Å²) in [6, 6.07) is 10.5. The lowest BCUT2D eigenvalue weighted by atomic mass is 10.2. The maximum Gasteiger partial charge on any atom is 0.338 e. The number of esters is 1. The van der Waals surface area contributed by atoms with Crippen molar-refractivity contribution in [1.82, 2.24) is 9.97 Å². The normalized spacial score (nSPS) is 11.2. The number of aromatic nitrogens is 2. The highest BCUT2D eigenvalue weighted by atomic mass is 35.5. The number of hydrogen-bond acceptors (Lipinski definition) is 3. The van der Waals surface area contributed by atoms with Crippen molar-refractivity contribution in [2.75, 3.05) is 0 Å². The summed E-state index contributed by atoms with van der Waals surface area (Å²) in [6.45, 7) is 3.63. The predicted molar refractivity (Wildman–Crippen MR) is 92.1 cm³/mol. The lowest BCUT2D eigenvalue weighted by Gasteiger charge is -2.07. The molecule has 3 rings (SSSR count). The van der Waals surface area contributed by atoms with Crippen LogP contribution in [0, 0.1) is 0 Å². The zero-order valence-electron chi connectivity index (χ0n) is 12.6. The second-order valence-corrected chi connectivity index (χ2v) is 6.21. The van der Waals surface area contributed by atoms with E-state index in [-0.39, 0.29) is 12.1 Å². The van der Waals surface area contributed by atoms with Crippen molar-refractivity contribution < 1.29 is 9.53 Å². The third-order valence-corrected chi connectivity index (χ3v) is 3.99. The number of benzene rings is 2. The van der Waals surface area contributed by atoms with E-state index in [1.807, 2.05) is 19.9 Å². The van der Waals surface area contributed by atoms with Crippen molar-refractivity contribution in [2.45, 2.75) is 20.0 Å². The van der Waals surface area contributed by atoms with Gasteiger partial charge in [-0.15, -0.1) is 0 Å². The van der Waals surface area contributed by atoms with Crippen molar-refractivity contribution in [3.8, 4) is 11.4 Å². The van der Waals surface area contributed by atoms with Gasteiger partial charge in [0, 0.05) is 5.56 Å². The Morgan fingerprint density at radius 3 is 2.61 bits per heavy atom. The summed E-state index contributed by atoms with van der Waals surface area (Å²) in [4.78, 5) is 19.7. The number of fused-ring (bicyclic) bond motifs is 1. The number of nitrogens with one attached hydrogen (secondary N) is 1. The van der Waals surface area contributed by atoms with Gasteiger partial charge in [-0.1, -0.05) is 23.2 Å². The number of ether oxygens (including phenoxy) is 1. The molecule has 0 aliphatic heterocycles. The third-order valence-electron chi connectivity index (χ3n) is 3.25. The van der Waals surface area contributed by atoms with Gasteiger partial charge >= 0.3 is 5.97 Å². The Bertz CT molecular complexity index is 887. The van der Waals surface area contributed by atoms with Crippen LogP contribution >= 0.6 is 23.2 Å². The van der Waals surface area contributed by atoms with Gasteiger partial charge in [0.25, 0.3) is 0 Å². The van der Waals surface area contributed by atoms with Crippen molar-refractivity contribution in [3.63, 3.8) is 0 Å². The number of rotatable bonds is 3. The van der Waals surface area contributed by atoms with Crippen molar-refractivity contribution in [3.05, 3.63) is 52.0 Å². The first kappa shape index (κ1) is 15.8. The van der Waals surface area contributed by atoms with Crippen LogP contribution in [0.25, 0.3) is 22.4 Å². The van der Waals surface area contributed by atoms with Crippen LogP contribution in [0.1, 0.15) is 24.2 Å². The Balaban J connectivity index is 1.98. The quantitative estimate of drug-likeness (QED) is 0.669. The highest BCUT2D eigenvalue weighted by Crippen LogP contribution is 2.28. The summed E-state index contributed by atoms with van der Waals surface area (Å²) >= 11 is 12.0. The lowest BCUT2D eigenvalue weighted by molar-refractivity contribution is 0.0378. The summed E-state index contributed by atoms with van der Waals surface area (Å²) in [5.41, 5.74) is 2.81. The zero-order chi connectivity index (χ0) is 16.6. The highest BCUT2D eigenvalue weighted by Gasteiger charge is 2.12. The average Bonchev–Trinajstić information content (AvgIpc) is 2.92. The van der Waals surface area contributed by atoms with Gasteiger partial charge in [-0.25, -0.2) is 9.78 Å². The second-order valence-electron chi connectivity index (χ2n) is 5.40. The van der Waals surface area contributed by atoms with E-state index in [4.69, 9.17) is 27.9 Å². The van der Waals surface area contributed by atoms with E-state index in [1.54, 1.807) is 30.3 Å². The minimum absolute atomic E-state index is 0.160. The summed E-state index contributed by atoms with van der Waals surface area (Å²) < 4.78 is 5.20. The van der Waals surface area contributed by atoms with Crippen molar-refractivity contribution >= 4 is 40.2 Å². The van der Waals surface area contributed by atoms with Gasteiger partial charge in [0.15, 0.2) is 0 Å². The summed E-state index contributed by atoms with van der Waals surface area (Å²) in [5.74, 6) is 0.306. The van der Waals surface area contributed by atoms with Gasteiger partial charge in [-0.3, -0.25) is 0 Å². The fraction of sp³-hybridized carbons (Fsp3) is 0.176. The van der Waals surface area contributed by atoms with E-state index in [0.717, 1.165) is 16.6 Å². The van der Waals surface area contributed by atoms with E-state index in [9.17, 15) is 4.79 Å². The minimum Gasteiger partial charge on any atom is -0.459 e. The first-order valence-electron chi connectivity index (χ1n) is 7.10. The van der Waals surface area contributed by atoms with Gasteiger partial charge in [-0.05, 0) is 50.2 Å². The minimum atomic E-state index is -0.354. The molecule has 0 saturated heterocycles. The Hall–Kier alpha value is -2.04. The molecule has 0 saturated carbocycles. The number of carbonyl (C=O) groups excluding carboxylic acids is 1. The fourth-order valence-electron chi connectivity index (χ4n) is 2.20. The fourth-order valence-corrected chi connectivity index (χ4v) is 2.50. The molecule has 0 amide bonds. The molecule has 0 bridgehead atoms. The molecule has 0 aliphatic rings. The molecule has 4 nitrogen and oxygen atoms in total. The molecule has 6 heteroatoms. The van der Waals surface area contributed by atoms with Gasteiger partial charge in [0.05, 0.1) is 32.7 Å². The topological polar surface area (TPSA) is 55.0 Å². The molecule has 1 aromatic heterocycles. The molecule has 3 aromatic rings. The van der Waals surface area contributed by atoms with E-state index < -0.39 is 0 Å². The van der Waals surface area contributed by atoms with Gasteiger partial charge in [0.2, 0.25) is 0 Å². The molecule has 0 radical (unpaired) electrons. The van der Waals surface area contributed by atoms with Crippen LogP contribution in [-0.4, -0.2) is 22.0 Å². The molecular weight excluding hydrogens is 335 g/mol. The molecule has 0 spiro atoms. The van der Waals surface area contributed by atoms with E-state index >= 15 is 0 Å². The number of aromatic amines is 1. The Kier molecular flexibility index (Phi) is 4.28. The SMILES string of the molecule is CC(C)OC(=O)c1ccc2nc(-c3ccc(Cl)c(Cl)c3)[nH]c2c1. The van der Waals surface area contributed by atoms with Crippen molar-refractivity contribution in [2.24, 2.45) is 0 Å². The lowest BCUT2D eigenvalue weighted by Crippen LogP contribution is -2.11. The molecule has 1 heterocycles. The van der Waals surface area contributed by atoms with Crippen LogP contribution < -0.4 is 0 Å². The number of nitrogens with zero attached hydrogens (tertiary/aromatic N) is 1. The molecular formula is C17H14Cl2N2O2. The highest BCUT2D eigenvalue weighted by molar-refractivity contribution is 6.42. The van der Waals surface area contributed by atoms with Crippen LogP contribution in [0.5, 0.6) is 0 Å². The molecule has 2 aromatic carbocycles. The standard InChI is InChI=1S/C17H14Cl2N2O2/c1-9(2)23-17(22)11-4-6-14-15(8-11)21-16(20-14)10-3-5-12(18)13(19)7-10/h3-9H,1-2H3,(H,20,21). The third kappa shape index (κ3) is 3.33. The number of hydrogen-bond donors (Lipinski definition) is 1. The van der Waals surface area contributed by atoms with E-state index in [0.29, 0.717) is 21.4 Å². The van der Waals surface area contributed by atoms with Gasteiger partial charge in [0.1, 0.15) is 5.82 Å². The van der Waals surface area contributed by atoms with Crippen LogP contribution in [0.4, 0.5) is 0 Å². The predicted octanol–water partition coefficient (Wildman–Crippen LogP) is 5.10.